The second-order valence-corrected chi connectivity index (χ2v) is 16.4. The van der Waals surface area contributed by atoms with Crippen molar-refractivity contribution in [1.29, 1.82) is 0 Å². The number of benzene rings is 5. The zero-order valence-electron chi connectivity index (χ0n) is 23.5. The highest BCUT2D eigenvalue weighted by Crippen LogP contribution is 2.55. The van der Waals surface area contributed by atoms with Crippen LogP contribution in [0.4, 0.5) is 0 Å². The first-order chi connectivity index (χ1) is 18.7. The molecular weight excluding hydrogens is 496 g/mol. The van der Waals surface area contributed by atoms with Gasteiger partial charge < -0.3 is 13.6 Å². The first kappa shape index (κ1) is 25.3. The molecule has 0 aliphatic rings. The van der Waals surface area contributed by atoms with Gasteiger partial charge in [-0.25, -0.2) is 0 Å². The molecule has 1 heterocycles. The summed E-state index contributed by atoms with van der Waals surface area (Å²) in [6, 6.07) is 33.5. The lowest BCUT2D eigenvalue weighted by Gasteiger charge is -2.38. The van der Waals surface area contributed by atoms with Crippen LogP contribution in [-0.2, 0) is 0 Å². The van der Waals surface area contributed by atoms with Crippen molar-refractivity contribution in [2.45, 2.75) is 38.9 Å². The van der Waals surface area contributed by atoms with Gasteiger partial charge in [0.2, 0.25) is 0 Å². The molecule has 0 N–H and O–H groups in total. The molecule has 0 aliphatic heterocycles. The second kappa shape index (κ2) is 9.32. The van der Waals surface area contributed by atoms with Crippen LogP contribution in [0.2, 0.25) is 18.1 Å². The molecule has 0 atom stereocenters. The first-order valence-corrected chi connectivity index (χ1v) is 16.4. The van der Waals surface area contributed by atoms with Crippen molar-refractivity contribution in [2.75, 3.05) is 7.11 Å². The number of fused-ring (bicyclic) bond motifs is 5. The number of hydrogen-bond acceptors (Lipinski definition) is 3. The van der Waals surface area contributed by atoms with Gasteiger partial charge in [0, 0.05) is 32.7 Å². The van der Waals surface area contributed by atoms with E-state index >= 15 is 0 Å². The number of para-hydroxylation sites is 1. The Morgan fingerprint density at radius 2 is 1.15 bits per heavy atom. The van der Waals surface area contributed by atoms with Crippen LogP contribution in [0.3, 0.4) is 0 Å². The smallest absolute Gasteiger partial charge is 0.250 e. The second-order valence-electron chi connectivity index (χ2n) is 11.7. The molecule has 6 aromatic rings. The molecule has 0 fully saturated rings. The van der Waals surface area contributed by atoms with Gasteiger partial charge in [0.1, 0.15) is 22.7 Å². The van der Waals surface area contributed by atoms with Gasteiger partial charge in [-0.2, -0.15) is 0 Å². The average molecular weight is 531 g/mol. The fourth-order valence-electron chi connectivity index (χ4n) is 5.21. The molecule has 5 aromatic carbocycles. The van der Waals surface area contributed by atoms with E-state index in [4.69, 9.17) is 13.6 Å². The van der Waals surface area contributed by atoms with E-state index in [9.17, 15) is 0 Å². The molecule has 0 saturated carbocycles. The summed E-state index contributed by atoms with van der Waals surface area (Å²) in [6.45, 7) is 11.5. The Balaban J connectivity index is 1.90. The third-order valence-electron chi connectivity index (χ3n) is 8.21. The predicted octanol–water partition coefficient (Wildman–Crippen LogP) is 10.5. The van der Waals surface area contributed by atoms with Gasteiger partial charge in [-0.05, 0) is 47.5 Å². The molecule has 196 valence electrons. The summed E-state index contributed by atoms with van der Waals surface area (Å²) >= 11 is 0. The van der Waals surface area contributed by atoms with Gasteiger partial charge in [-0.3, -0.25) is 0 Å². The summed E-state index contributed by atoms with van der Waals surface area (Å²) in [4.78, 5) is 0. The van der Waals surface area contributed by atoms with E-state index < -0.39 is 8.32 Å². The maximum atomic E-state index is 7.39. The van der Waals surface area contributed by atoms with Crippen LogP contribution in [0.25, 0.3) is 55.0 Å². The van der Waals surface area contributed by atoms with Gasteiger partial charge in [0.05, 0.1) is 7.11 Å². The van der Waals surface area contributed by atoms with E-state index in [1.807, 2.05) is 18.2 Å². The summed E-state index contributed by atoms with van der Waals surface area (Å²) in [7, 11) is -0.519. The van der Waals surface area contributed by atoms with E-state index in [0.29, 0.717) is 0 Å². The molecule has 0 amide bonds. The average Bonchev–Trinajstić information content (AvgIpc) is 3.31. The molecule has 0 spiro atoms. The summed E-state index contributed by atoms with van der Waals surface area (Å²) in [5, 5.41) is 4.20. The molecule has 0 radical (unpaired) electrons. The lowest BCUT2D eigenvalue weighted by atomic mass is 9.88. The van der Waals surface area contributed by atoms with Crippen LogP contribution >= 0.6 is 0 Å². The fourth-order valence-corrected chi connectivity index (χ4v) is 6.23. The zero-order chi connectivity index (χ0) is 27.4. The highest BCUT2D eigenvalue weighted by atomic mass is 28.4. The molecule has 4 heteroatoms. The molecule has 0 saturated heterocycles. The summed E-state index contributed by atoms with van der Waals surface area (Å²) in [5.41, 5.74) is 5.98. The number of methoxy groups -OCH3 is 1. The van der Waals surface area contributed by atoms with Crippen LogP contribution in [-0.4, -0.2) is 15.4 Å². The minimum Gasteiger partial charge on any atom is -0.543 e. The van der Waals surface area contributed by atoms with Crippen LogP contribution in [0.15, 0.2) is 101 Å². The van der Waals surface area contributed by atoms with Crippen molar-refractivity contribution in [3.63, 3.8) is 0 Å². The topological polar surface area (TPSA) is 31.6 Å². The predicted molar refractivity (Wildman–Crippen MR) is 166 cm³/mol. The molecule has 3 nitrogen and oxygen atoms in total. The molecule has 0 unspecified atom stereocenters. The largest absolute Gasteiger partial charge is 0.543 e. The van der Waals surface area contributed by atoms with Gasteiger partial charge in [0.15, 0.2) is 0 Å². The van der Waals surface area contributed by atoms with Crippen molar-refractivity contribution >= 4 is 41.0 Å². The lowest BCUT2D eigenvalue weighted by Crippen LogP contribution is -2.44. The van der Waals surface area contributed by atoms with Crippen LogP contribution in [0, 0.1) is 0 Å². The molecule has 39 heavy (non-hydrogen) atoms. The van der Waals surface area contributed by atoms with Gasteiger partial charge >= 0.3 is 0 Å². The molecule has 0 bridgehead atoms. The SMILES string of the molecule is COc1c(-c2ccccc2)c(-c2ccccc2)c(O[Si](C)(C)C(C)(C)C)c2c1ccc1oc3ccccc3c12. The van der Waals surface area contributed by atoms with E-state index in [1.54, 1.807) is 7.11 Å². The van der Waals surface area contributed by atoms with Gasteiger partial charge in [-0.1, -0.05) is 99.6 Å². The van der Waals surface area contributed by atoms with E-state index in [-0.39, 0.29) is 5.04 Å². The quantitative estimate of drug-likeness (QED) is 0.208. The molecular formula is C35H34O3Si. The van der Waals surface area contributed by atoms with Gasteiger partial charge in [-0.15, -0.1) is 0 Å². The van der Waals surface area contributed by atoms with E-state index in [1.165, 1.54) is 0 Å². The Hall–Kier alpha value is -4.02. The number of furan rings is 1. The highest BCUT2D eigenvalue weighted by Gasteiger charge is 2.41. The van der Waals surface area contributed by atoms with E-state index in [0.717, 1.165) is 66.5 Å². The third kappa shape index (κ3) is 4.11. The Morgan fingerprint density at radius 1 is 0.590 bits per heavy atom. The monoisotopic (exact) mass is 530 g/mol. The number of rotatable bonds is 5. The highest BCUT2D eigenvalue weighted by molar-refractivity contribution is 6.75. The molecule has 6 rings (SSSR count). The van der Waals surface area contributed by atoms with Crippen molar-refractivity contribution in [1.82, 2.24) is 0 Å². The lowest BCUT2D eigenvalue weighted by molar-refractivity contribution is 0.421. The Bertz CT molecular complexity index is 1810. The minimum absolute atomic E-state index is 0.00643. The summed E-state index contributed by atoms with van der Waals surface area (Å²) < 4.78 is 20.0. The molecule has 1 aromatic heterocycles. The minimum atomic E-state index is -2.28. The summed E-state index contributed by atoms with van der Waals surface area (Å²) in [6.07, 6.45) is 0. The zero-order valence-corrected chi connectivity index (χ0v) is 24.5. The van der Waals surface area contributed by atoms with Crippen molar-refractivity contribution in [3.8, 4) is 33.8 Å². The Labute approximate surface area is 231 Å². The fraction of sp³-hybridized carbons (Fsp3) is 0.200. The maximum Gasteiger partial charge on any atom is 0.250 e. The number of ether oxygens (including phenoxy) is 1. The first-order valence-electron chi connectivity index (χ1n) is 13.5. The Kier molecular flexibility index (Phi) is 6.04. The van der Waals surface area contributed by atoms with Crippen molar-refractivity contribution < 1.29 is 13.6 Å². The summed E-state index contributed by atoms with van der Waals surface area (Å²) in [5.74, 6) is 1.74. The number of hydrogen-bond donors (Lipinski definition) is 0. The van der Waals surface area contributed by atoms with Crippen molar-refractivity contribution in [3.05, 3.63) is 97.1 Å². The normalized spacial score (nSPS) is 12.4. The third-order valence-corrected chi connectivity index (χ3v) is 12.5. The maximum absolute atomic E-state index is 7.39. The van der Waals surface area contributed by atoms with Crippen LogP contribution in [0.1, 0.15) is 20.8 Å². The standard InChI is InChI=1S/C35H34O3Si/c1-35(2,3)39(5,6)38-34-30(24-17-11-8-12-18-24)29(23-15-9-7-10-16-23)33(36-4)26-21-22-28-31(32(26)34)25-19-13-14-20-27(25)37-28/h7-22H,1-6H3. The van der Waals surface area contributed by atoms with Crippen LogP contribution < -0.4 is 9.16 Å². The van der Waals surface area contributed by atoms with Crippen molar-refractivity contribution in [2.24, 2.45) is 0 Å². The Morgan fingerprint density at radius 3 is 1.74 bits per heavy atom. The van der Waals surface area contributed by atoms with E-state index in [2.05, 4.69) is 113 Å². The molecule has 0 aliphatic carbocycles. The van der Waals surface area contributed by atoms with Crippen LogP contribution in [0.5, 0.6) is 11.5 Å². The van der Waals surface area contributed by atoms with Gasteiger partial charge in [0.25, 0.3) is 8.32 Å².